The number of methoxy groups -OCH3 is 1. The number of carboxylic acids is 2. The van der Waals surface area contributed by atoms with Crippen LogP contribution in [-0.4, -0.2) is 29.3 Å². The van der Waals surface area contributed by atoms with Gasteiger partial charge in [-0.25, -0.2) is 9.59 Å². The van der Waals surface area contributed by atoms with Crippen molar-refractivity contribution >= 4 is 11.9 Å². The second-order valence-electron chi connectivity index (χ2n) is 7.19. The van der Waals surface area contributed by atoms with Gasteiger partial charge in [-0.05, 0) is 84.3 Å². The Hall–Kier alpha value is -3.60. The fraction of sp³-hybridized carbons (Fsp3) is 0.200. The number of ether oxygens (including phenoxy) is 1. The Morgan fingerprint density at radius 3 is 1.33 bits per heavy atom. The quantitative estimate of drug-likeness (QED) is 0.542. The Balaban J connectivity index is 1.65. The highest BCUT2D eigenvalue weighted by molar-refractivity contribution is 5.87. The second kappa shape index (κ2) is 9.74. The van der Waals surface area contributed by atoms with Crippen LogP contribution in [0.5, 0.6) is 5.75 Å². The Morgan fingerprint density at radius 2 is 1.00 bits per heavy atom. The summed E-state index contributed by atoms with van der Waals surface area (Å²) in [5, 5.41) is 18.0. The van der Waals surface area contributed by atoms with E-state index in [0.29, 0.717) is 11.1 Å². The molecule has 0 aliphatic rings. The molecule has 154 valence electrons. The summed E-state index contributed by atoms with van der Waals surface area (Å²) >= 11 is 0. The molecule has 0 saturated carbocycles. The third-order valence-electron chi connectivity index (χ3n) is 5.07. The van der Waals surface area contributed by atoms with E-state index in [0.717, 1.165) is 53.7 Å². The minimum Gasteiger partial charge on any atom is -0.497 e. The van der Waals surface area contributed by atoms with Crippen molar-refractivity contribution in [2.45, 2.75) is 25.7 Å². The standard InChI is InChI=1S/C25H24O5/c1-30-23-15-19(4-2-17-6-10-21(11-7-17)24(26)27)14-20(16-23)5-3-18-8-12-22(13-9-18)25(28)29/h6-16H,2-5H2,1H3,(H,26,27)(H,28,29). The molecule has 0 heterocycles. The Bertz CT molecular complexity index is 941. The molecule has 0 aliphatic heterocycles. The number of aromatic carboxylic acids is 2. The summed E-state index contributed by atoms with van der Waals surface area (Å²) in [7, 11) is 1.65. The highest BCUT2D eigenvalue weighted by Crippen LogP contribution is 2.20. The van der Waals surface area contributed by atoms with Gasteiger partial charge in [0.05, 0.1) is 18.2 Å². The van der Waals surface area contributed by atoms with Crippen LogP contribution in [0.3, 0.4) is 0 Å². The van der Waals surface area contributed by atoms with Crippen molar-refractivity contribution in [3.63, 3.8) is 0 Å². The molecule has 3 rings (SSSR count). The topological polar surface area (TPSA) is 83.8 Å². The molecule has 0 bridgehead atoms. The molecule has 3 aromatic carbocycles. The van der Waals surface area contributed by atoms with Crippen molar-refractivity contribution in [1.82, 2.24) is 0 Å². The molecule has 0 spiro atoms. The monoisotopic (exact) mass is 404 g/mol. The third-order valence-corrected chi connectivity index (χ3v) is 5.07. The first-order valence-electron chi connectivity index (χ1n) is 9.76. The van der Waals surface area contributed by atoms with E-state index in [2.05, 4.69) is 6.07 Å². The van der Waals surface area contributed by atoms with Crippen LogP contribution in [0.15, 0.2) is 66.7 Å². The second-order valence-corrected chi connectivity index (χ2v) is 7.19. The summed E-state index contributed by atoms with van der Waals surface area (Å²) in [6, 6.07) is 20.1. The fourth-order valence-electron chi connectivity index (χ4n) is 3.34. The van der Waals surface area contributed by atoms with Crippen molar-refractivity contribution in [3.8, 4) is 5.75 Å². The van der Waals surface area contributed by atoms with E-state index < -0.39 is 11.9 Å². The van der Waals surface area contributed by atoms with Gasteiger partial charge in [-0.2, -0.15) is 0 Å². The van der Waals surface area contributed by atoms with Gasteiger partial charge >= 0.3 is 11.9 Å². The molecule has 0 saturated heterocycles. The zero-order chi connectivity index (χ0) is 21.5. The SMILES string of the molecule is COc1cc(CCc2ccc(C(=O)O)cc2)cc(CCc2ccc(C(=O)O)cc2)c1. The van der Waals surface area contributed by atoms with Crippen LogP contribution < -0.4 is 4.74 Å². The van der Waals surface area contributed by atoms with Gasteiger partial charge in [0, 0.05) is 0 Å². The number of benzene rings is 3. The molecule has 0 aromatic heterocycles. The Kier molecular flexibility index (Phi) is 6.86. The largest absolute Gasteiger partial charge is 0.497 e. The summed E-state index contributed by atoms with van der Waals surface area (Å²) in [5.74, 6) is -1.03. The lowest BCUT2D eigenvalue weighted by molar-refractivity contribution is 0.0686. The van der Waals surface area contributed by atoms with E-state index in [1.807, 2.05) is 36.4 Å². The summed E-state index contributed by atoms with van der Waals surface area (Å²) in [6.07, 6.45) is 3.26. The number of aryl methyl sites for hydroxylation is 4. The van der Waals surface area contributed by atoms with Gasteiger partial charge in [-0.15, -0.1) is 0 Å². The first-order chi connectivity index (χ1) is 14.4. The maximum absolute atomic E-state index is 11.0. The van der Waals surface area contributed by atoms with Gasteiger partial charge in [-0.3, -0.25) is 0 Å². The van der Waals surface area contributed by atoms with E-state index in [1.165, 1.54) is 0 Å². The van der Waals surface area contributed by atoms with Crippen molar-refractivity contribution in [3.05, 3.63) is 100 Å². The number of carboxylic acid groups (broad SMARTS) is 2. The molecule has 0 aliphatic carbocycles. The highest BCUT2D eigenvalue weighted by atomic mass is 16.5. The van der Waals surface area contributed by atoms with E-state index in [9.17, 15) is 9.59 Å². The zero-order valence-corrected chi connectivity index (χ0v) is 16.8. The van der Waals surface area contributed by atoms with Crippen LogP contribution in [0.25, 0.3) is 0 Å². The van der Waals surface area contributed by atoms with Crippen LogP contribution in [0.1, 0.15) is 43.0 Å². The molecule has 2 N–H and O–H groups in total. The van der Waals surface area contributed by atoms with Gasteiger partial charge in [0.1, 0.15) is 5.75 Å². The highest BCUT2D eigenvalue weighted by Gasteiger charge is 2.06. The average Bonchev–Trinajstić information content (AvgIpc) is 2.76. The first kappa shape index (κ1) is 21.1. The third kappa shape index (κ3) is 5.70. The van der Waals surface area contributed by atoms with Crippen molar-refractivity contribution in [1.29, 1.82) is 0 Å². The normalized spacial score (nSPS) is 10.6. The molecule has 0 radical (unpaired) electrons. The minimum absolute atomic E-state index is 0.291. The molecular formula is C25H24O5. The lowest BCUT2D eigenvalue weighted by Crippen LogP contribution is -1.99. The molecule has 30 heavy (non-hydrogen) atoms. The van der Waals surface area contributed by atoms with Crippen LogP contribution in [0, 0.1) is 0 Å². The van der Waals surface area contributed by atoms with Gasteiger partial charge in [0.2, 0.25) is 0 Å². The summed E-state index contributed by atoms with van der Waals surface area (Å²) in [6.45, 7) is 0. The zero-order valence-electron chi connectivity index (χ0n) is 16.8. The number of hydrogen-bond donors (Lipinski definition) is 2. The van der Waals surface area contributed by atoms with E-state index >= 15 is 0 Å². The Morgan fingerprint density at radius 1 is 0.633 bits per heavy atom. The molecule has 0 atom stereocenters. The van der Waals surface area contributed by atoms with Gasteiger partial charge < -0.3 is 14.9 Å². The molecule has 3 aromatic rings. The van der Waals surface area contributed by atoms with Crippen molar-refractivity contribution in [2.24, 2.45) is 0 Å². The summed E-state index contributed by atoms with van der Waals surface area (Å²) in [5.41, 5.74) is 5.07. The van der Waals surface area contributed by atoms with Crippen LogP contribution in [0.2, 0.25) is 0 Å². The van der Waals surface area contributed by atoms with Gasteiger partial charge in [-0.1, -0.05) is 30.3 Å². The molecule has 0 unspecified atom stereocenters. The van der Waals surface area contributed by atoms with Gasteiger partial charge in [0.25, 0.3) is 0 Å². The van der Waals surface area contributed by atoms with Crippen LogP contribution in [0.4, 0.5) is 0 Å². The minimum atomic E-state index is -0.920. The average molecular weight is 404 g/mol. The summed E-state index contributed by atoms with van der Waals surface area (Å²) in [4.78, 5) is 21.9. The molecule has 0 fully saturated rings. The first-order valence-corrected chi connectivity index (χ1v) is 9.76. The predicted molar refractivity (Wildman–Crippen MR) is 115 cm³/mol. The van der Waals surface area contributed by atoms with Crippen molar-refractivity contribution in [2.75, 3.05) is 7.11 Å². The molecule has 0 amide bonds. The smallest absolute Gasteiger partial charge is 0.335 e. The molecule has 5 heteroatoms. The van der Waals surface area contributed by atoms with E-state index in [-0.39, 0.29) is 0 Å². The van der Waals surface area contributed by atoms with Crippen LogP contribution >= 0.6 is 0 Å². The Labute approximate surface area is 175 Å². The summed E-state index contributed by atoms with van der Waals surface area (Å²) < 4.78 is 5.45. The number of hydrogen-bond acceptors (Lipinski definition) is 3. The van der Waals surface area contributed by atoms with Gasteiger partial charge in [0.15, 0.2) is 0 Å². The van der Waals surface area contributed by atoms with Crippen LogP contribution in [-0.2, 0) is 25.7 Å². The fourth-order valence-corrected chi connectivity index (χ4v) is 3.34. The molecule has 5 nitrogen and oxygen atoms in total. The predicted octanol–water partition coefficient (Wildman–Crippen LogP) is 4.66. The van der Waals surface area contributed by atoms with E-state index in [1.54, 1.807) is 31.4 Å². The number of rotatable bonds is 9. The van der Waals surface area contributed by atoms with E-state index in [4.69, 9.17) is 14.9 Å². The maximum Gasteiger partial charge on any atom is 0.335 e. The van der Waals surface area contributed by atoms with Crippen molar-refractivity contribution < 1.29 is 24.5 Å². The lowest BCUT2D eigenvalue weighted by Gasteiger charge is -2.10. The maximum atomic E-state index is 11.0. The molecular weight excluding hydrogens is 380 g/mol. The number of carbonyl (C=O) groups is 2. The lowest BCUT2D eigenvalue weighted by atomic mass is 9.98.